The van der Waals surface area contributed by atoms with E-state index in [2.05, 4.69) is 10.6 Å². The molecule has 2 aromatic rings. The summed E-state index contributed by atoms with van der Waals surface area (Å²) in [6, 6.07) is 7.56. The van der Waals surface area contributed by atoms with Gasteiger partial charge in [-0.25, -0.2) is 8.78 Å². The molecule has 7 heteroatoms. The molecule has 0 bridgehead atoms. The Hall–Kier alpha value is -2.35. The topological polar surface area (TPSA) is 59.6 Å². The van der Waals surface area contributed by atoms with Gasteiger partial charge < -0.3 is 20.1 Å². The summed E-state index contributed by atoms with van der Waals surface area (Å²) in [5, 5.41) is 5.83. The predicted octanol–water partition coefficient (Wildman–Crippen LogP) is 3.86. The average Bonchev–Trinajstić information content (AvgIpc) is 2.66. The van der Waals surface area contributed by atoms with Crippen LogP contribution in [0.1, 0.15) is 42.1 Å². The largest absolute Gasteiger partial charge is 0.384 e. The lowest BCUT2D eigenvalue weighted by Crippen LogP contribution is -2.38. The Morgan fingerprint density at radius 2 is 1.87 bits per heavy atom. The smallest absolute Gasteiger partial charge is 0.246 e. The van der Waals surface area contributed by atoms with E-state index in [1.54, 1.807) is 21.0 Å². The van der Waals surface area contributed by atoms with Crippen LogP contribution in [0.5, 0.6) is 0 Å². The summed E-state index contributed by atoms with van der Waals surface area (Å²) in [4.78, 5) is 12.9. The summed E-state index contributed by atoms with van der Waals surface area (Å²) in [6.45, 7) is 4.71. The molecule has 1 atom stereocenters. The Labute approximate surface area is 175 Å². The molecular formula is C23H28F2N2O3. The Morgan fingerprint density at radius 3 is 2.50 bits per heavy atom. The van der Waals surface area contributed by atoms with Crippen molar-refractivity contribution >= 4 is 11.6 Å². The second-order valence-corrected chi connectivity index (χ2v) is 8.22. The van der Waals surface area contributed by atoms with E-state index in [-0.39, 0.29) is 23.8 Å². The third-order valence-corrected chi connectivity index (χ3v) is 5.33. The van der Waals surface area contributed by atoms with E-state index in [0.29, 0.717) is 13.2 Å². The van der Waals surface area contributed by atoms with E-state index in [1.807, 2.05) is 18.2 Å². The first-order valence-electron chi connectivity index (χ1n) is 9.90. The first-order chi connectivity index (χ1) is 14.3. The number of ether oxygens (including phenoxy) is 2. The van der Waals surface area contributed by atoms with Crippen molar-refractivity contribution in [1.29, 1.82) is 0 Å². The van der Waals surface area contributed by atoms with Gasteiger partial charge in [-0.2, -0.15) is 0 Å². The van der Waals surface area contributed by atoms with Crippen LogP contribution in [0, 0.1) is 11.6 Å². The summed E-state index contributed by atoms with van der Waals surface area (Å²) >= 11 is 0. The summed E-state index contributed by atoms with van der Waals surface area (Å²) in [5.41, 5.74) is 2.14. The zero-order chi connectivity index (χ0) is 21.9. The molecule has 0 saturated carbocycles. The number of hydrogen-bond acceptors (Lipinski definition) is 4. The van der Waals surface area contributed by atoms with E-state index in [1.165, 1.54) is 7.11 Å². The average molecular weight is 418 g/mol. The van der Waals surface area contributed by atoms with E-state index in [4.69, 9.17) is 9.47 Å². The van der Waals surface area contributed by atoms with Gasteiger partial charge in [0.2, 0.25) is 5.91 Å². The van der Waals surface area contributed by atoms with Crippen molar-refractivity contribution in [2.75, 3.05) is 32.7 Å². The van der Waals surface area contributed by atoms with Crippen molar-refractivity contribution in [3.63, 3.8) is 0 Å². The molecule has 30 heavy (non-hydrogen) atoms. The van der Waals surface area contributed by atoms with Crippen LogP contribution in [-0.4, -0.2) is 33.3 Å². The van der Waals surface area contributed by atoms with Gasteiger partial charge in [-0.3, -0.25) is 4.79 Å². The minimum atomic E-state index is -0.838. The minimum Gasteiger partial charge on any atom is -0.384 e. The fourth-order valence-electron chi connectivity index (χ4n) is 4.05. The lowest BCUT2D eigenvalue weighted by molar-refractivity contribution is -0.118. The third kappa shape index (κ3) is 4.69. The fourth-order valence-corrected chi connectivity index (χ4v) is 4.05. The molecule has 3 rings (SSSR count). The van der Waals surface area contributed by atoms with Crippen LogP contribution >= 0.6 is 0 Å². The van der Waals surface area contributed by atoms with Gasteiger partial charge in [-0.15, -0.1) is 0 Å². The molecular weight excluding hydrogens is 390 g/mol. The highest BCUT2D eigenvalue weighted by molar-refractivity contribution is 5.96. The van der Waals surface area contributed by atoms with Crippen LogP contribution in [0.4, 0.5) is 14.5 Å². The van der Waals surface area contributed by atoms with Crippen LogP contribution < -0.4 is 10.6 Å². The molecule has 2 N–H and O–H groups in total. The molecule has 0 spiro atoms. The van der Waals surface area contributed by atoms with Crippen molar-refractivity contribution in [1.82, 2.24) is 5.32 Å². The van der Waals surface area contributed by atoms with Crippen molar-refractivity contribution < 1.29 is 23.0 Å². The van der Waals surface area contributed by atoms with Crippen LogP contribution in [0.2, 0.25) is 0 Å². The fraction of sp³-hybridized carbons (Fsp3) is 0.435. The predicted molar refractivity (Wildman–Crippen MR) is 111 cm³/mol. The molecule has 0 saturated heterocycles. The molecule has 0 fully saturated rings. The summed E-state index contributed by atoms with van der Waals surface area (Å²) < 4.78 is 39.7. The van der Waals surface area contributed by atoms with Gasteiger partial charge in [0, 0.05) is 37.4 Å². The Morgan fingerprint density at radius 1 is 1.17 bits per heavy atom. The number of carbonyl (C=O) groups excluding carboxylic acids is 1. The first-order valence-corrected chi connectivity index (χ1v) is 9.90. The van der Waals surface area contributed by atoms with Crippen LogP contribution in [-0.2, 0) is 32.7 Å². The third-order valence-electron chi connectivity index (χ3n) is 5.33. The maximum absolute atomic E-state index is 14.7. The molecule has 1 aliphatic heterocycles. The van der Waals surface area contributed by atoms with Gasteiger partial charge in [0.15, 0.2) is 0 Å². The van der Waals surface area contributed by atoms with E-state index < -0.39 is 23.1 Å². The number of amides is 1. The second-order valence-electron chi connectivity index (χ2n) is 8.22. The van der Waals surface area contributed by atoms with Gasteiger partial charge in [0.05, 0.1) is 13.2 Å². The molecule has 1 amide bonds. The number of carbonyl (C=O) groups is 1. The number of rotatable bonds is 7. The number of anilines is 1. The number of methoxy groups -OCH3 is 2. The number of halogens is 2. The number of nitrogens with one attached hydrogen (secondary N) is 2. The molecule has 0 radical (unpaired) electrons. The quantitative estimate of drug-likeness (QED) is 0.717. The zero-order valence-corrected chi connectivity index (χ0v) is 17.8. The molecule has 1 aliphatic rings. The lowest BCUT2D eigenvalue weighted by Gasteiger charge is -2.27. The van der Waals surface area contributed by atoms with Crippen LogP contribution in [0.25, 0.3) is 0 Å². The number of benzene rings is 2. The van der Waals surface area contributed by atoms with E-state index in [9.17, 15) is 13.6 Å². The van der Waals surface area contributed by atoms with Gasteiger partial charge in [-0.05, 0) is 35.2 Å². The van der Waals surface area contributed by atoms with Crippen LogP contribution in [0.15, 0.2) is 30.3 Å². The highest BCUT2D eigenvalue weighted by Crippen LogP contribution is 2.32. The van der Waals surface area contributed by atoms with E-state index >= 15 is 0 Å². The Bertz CT molecular complexity index is 908. The standard InChI is InChI=1S/C23H28F2N2O3/c1-23(2,13-30-4)20-18(24)10-16(11-19(20)25)27-22(28)21-17-6-5-14(12-29-3)9-15(17)7-8-26-21/h5-6,9-11,21,26H,7-8,12-13H2,1-4H3,(H,27,28)/t21-/m1/s1. The SMILES string of the molecule is COCc1ccc2c(c1)CCN[C@H]2C(=O)Nc1cc(F)c(C(C)(C)COC)c(F)c1. The summed E-state index contributed by atoms with van der Waals surface area (Å²) in [5.74, 6) is -1.79. The molecule has 1 heterocycles. The van der Waals surface area contributed by atoms with Gasteiger partial charge in [-0.1, -0.05) is 32.0 Å². The monoisotopic (exact) mass is 418 g/mol. The van der Waals surface area contributed by atoms with Crippen molar-refractivity contribution in [2.24, 2.45) is 0 Å². The van der Waals surface area contributed by atoms with Gasteiger partial charge in [0.1, 0.15) is 17.7 Å². The summed E-state index contributed by atoms with van der Waals surface area (Å²) in [6.07, 6.45) is 0.795. The number of fused-ring (bicyclic) bond motifs is 1. The molecule has 2 aromatic carbocycles. The summed E-state index contributed by atoms with van der Waals surface area (Å²) in [7, 11) is 3.12. The first kappa shape index (κ1) is 22.3. The Kier molecular flexibility index (Phi) is 6.85. The molecule has 0 aliphatic carbocycles. The van der Waals surface area contributed by atoms with Crippen molar-refractivity contribution in [3.8, 4) is 0 Å². The van der Waals surface area contributed by atoms with Crippen LogP contribution in [0.3, 0.4) is 0 Å². The molecule has 162 valence electrons. The van der Waals surface area contributed by atoms with Gasteiger partial charge >= 0.3 is 0 Å². The maximum atomic E-state index is 14.7. The molecule has 0 aromatic heterocycles. The molecule has 5 nitrogen and oxygen atoms in total. The van der Waals surface area contributed by atoms with Crippen molar-refractivity contribution in [3.05, 3.63) is 64.2 Å². The molecule has 0 unspecified atom stereocenters. The van der Waals surface area contributed by atoms with Gasteiger partial charge in [0.25, 0.3) is 0 Å². The second kappa shape index (κ2) is 9.20. The maximum Gasteiger partial charge on any atom is 0.246 e. The van der Waals surface area contributed by atoms with E-state index in [0.717, 1.165) is 35.2 Å². The lowest BCUT2D eigenvalue weighted by atomic mass is 9.84. The zero-order valence-electron chi connectivity index (χ0n) is 17.8. The normalized spacial score (nSPS) is 16.3. The highest BCUT2D eigenvalue weighted by atomic mass is 19.1. The van der Waals surface area contributed by atoms with Crippen molar-refractivity contribution in [2.45, 2.75) is 38.3 Å². The highest BCUT2D eigenvalue weighted by Gasteiger charge is 2.30. The Balaban J connectivity index is 1.82. The number of hydrogen-bond donors (Lipinski definition) is 2. The minimum absolute atomic E-state index is 0.0610.